The summed E-state index contributed by atoms with van der Waals surface area (Å²) in [6.45, 7) is 8.79. The van der Waals surface area contributed by atoms with Crippen LogP contribution < -0.4 is 15.4 Å². The second-order valence-corrected chi connectivity index (χ2v) is 23.5. The summed E-state index contributed by atoms with van der Waals surface area (Å²) in [7, 11) is 0. The van der Waals surface area contributed by atoms with E-state index in [2.05, 4.69) is 31.4 Å². The minimum absolute atomic E-state index is 0.0768. The molecule has 74 heavy (non-hydrogen) atoms. The van der Waals surface area contributed by atoms with Crippen LogP contribution in [-0.4, -0.2) is 31.5 Å². The number of amides is 2. The summed E-state index contributed by atoms with van der Waals surface area (Å²) in [4.78, 5) is 26.7. The van der Waals surface area contributed by atoms with E-state index in [1.807, 2.05) is 0 Å². The molecule has 0 unspecified atom stereocenters. The van der Waals surface area contributed by atoms with Gasteiger partial charge in [0.1, 0.15) is 5.75 Å². The zero-order chi connectivity index (χ0) is 53.1. The van der Waals surface area contributed by atoms with E-state index in [0.29, 0.717) is 36.6 Å². The third-order valence-electron chi connectivity index (χ3n) is 16.1. The molecule has 0 aliphatic carbocycles. The maximum Gasteiger partial charge on any atom is 0.255 e. The molecule has 0 saturated heterocycles. The van der Waals surface area contributed by atoms with Gasteiger partial charge in [0.2, 0.25) is 0 Å². The Kier molecular flexibility index (Phi) is 55.4. The Labute approximate surface area is 463 Å². The maximum atomic E-state index is 13.4. The van der Waals surface area contributed by atoms with Crippen molar-refractivity contribution in [2.45, 2.75) is 374 Å². The maximum absolute atomic E-state index is 13.4. The molecule has 5 heteroatoms. The Bertz CT molecular complexity index is 1300. The first kappa shape index (κ1) is 70.0. The first-order valence-electron chi connectivity index (χ1n) is 34.0. The number of unbranched alkanes of at least 4 members (excludes halogenated alkanes) is 52. The Morgan fingerprint density at radius 1 is 0.297 bits per heavy atom. The van der Waals surface area contributed by atoms with Crippen molar-refractivity contribution in [3.05, 3.63) is 29.3 Å². The van der Waals surface area contributed by atoms with Crippen molar-refractivity contribution >= 4 is 11.8 Å². The molecule has 0 fully saturated rings. The molecule has 0 aromatic heterocycles. The average Bonchev–Trinajstić information content (AvgIpc) is 3.41. The largest absolute Gasteiger partial charge is 0.493 e. The van der Waals surface area contributed by atoms with Gasteiger partial charge >= 0.3 is 0 Å². The van der Waals surface area contributed by atoms with Crippen LogP contribution in [0, 0.1) is 0 Å². The van der Waals surface area contributed by atoms with Crippen LogP contribution >= 0.6 is 0 Å². The van der Waals surface area contributed by atoms with Gasteiger partial charge in [-0.25, -0.2) is 0 Å². The van der Waals surface area contributed by atoms with E-state index < -0.39 is 0 Å². The second kappa shape index (κ2) is 58.6. The van der Waals surface area contributed by atoms with Crippen molar-refractivity contribution in [1.29, 1.82) is 0 Å². The van der Waals surface area contributed by atoms with Crippen LogP contribution in [0.4, 0.5) is 0 Å². The normalized spacial score (nSPS) is 11.4. The minimum atomic E-state index is -0.0965. The zero-order valence-corrected chi connectivity index (χ0v) is 50.5. The number of hydrogen-bond acceptors (Lipinski definition) is 3. The smallest absolute Gasteiger partial charge is 0.255 e. The van der Waals surface area contributed by atoms with Crippen molar-refractivity contribution in [3.63, 3.8) is 0 Å². The van der Waals surface area contributed by atoms with Gasteiger partial charge < -0.3 is 15.4 Å². The topological polar surface area (TPSA) is 67.4 Å². The molecule has 2 amide bonds. The summed E-state index contributed by atoms with van der Waals surface area (Å²) < 4.78 is 6.25. The molecule has 0 aliphatic rings. The van der Waals surface area contributed by atoms with Crippen LogP contribution in [0.15, 0.2) is 18.2 Å². The fourth-order valence-corrected chi connectivity index (χ4v) is 11.0. The van der Waals surface area contributed by atoms with Gasteiger partial charge in [-0.15, -0.1) is 0 Å². The third-order valence-corrected chi connectivity index (χ3v) is 16.1. The van der Waals surface area contributed by atoms with Crippen LogP contribution in [0.25, 0.3) is 0 Å². The van der Waals surface area contributed by atoms with Crippen LogP contribution in [0.3, 0.4) is 0 Å². The molecule has 0 radical (unpaired) electrons. The highest BCUT2D eigenvalue weighted by Crippen LogP contribution is 2.23. The number of rotatable bonds is 61. The van der Waals surface area contributed by atoms with Gasteiger partial charge in [-0.1, -0.05) is 355 Å². The molecule has 1 aromatic rings. The molecule has 1 rings (SSSR count). The van der Waals surface area contributed by atoms with E-state index in [0.717, 1.165) is 38.5 Å². The molecule has 0 atom stereocenters. The molecule has 1 aromatic carbocycles. The predicted octanol–water partition coefficient (Wildman–Crippen LogP) is 23.0. The van der Waals surface area contributed by atoms with E-state index in [1.54, 1.807) is 18.2 Å². The van der Waals surface area contributed by atoms with Crippen molar-refractivity contribution in [1.82, 2.24) is 10.6 Å². The van der Waals surface area contributed by atoms with Gasteiger partial charge in [0, 0.05) is 18.7 Å². The van der Waals surface area contributed by atoms with E-state index in [4.69, 9.17) is 4.74 Å². The first-order valence-corrected chi connectivity index (χ1v) is 34.0. The molecular weight excluding hydrogens is 905 g/mol. The quantitative estimate of drug-likeness (QED) is 0.0639. The van der Waals surface area contributed by atoms with Crippen molar-refractivity contribution in [3.8, 4) is 5.75 Å². The highest BCUT2D eigenvalue weighted by Gasteiger charge is 2.16. The molecule has 434 valence electrons. The number of benzene rings is 1. The average molecular weight is 1040 g/mol. The monoisotopic (exact) mass is 1040 g/mol. The minimum Gasteiger partial charge on any atom is -0.493 e. The fourth-order valence-electron chi connectivity index (χ4n) is 11.0. The molecule has 0 bridgehead atoms. The summed E-state index contributed by atoms with van der Waals surface area (Å²) >= 11 is 0. The van der Waals surface area contributed by atoms with Gasteiger partial charge in [0.05, 0.1) is 12.2 Å². The van der Waals surface area contributed by atoms with E-state index in [1.165, 1.54) is 315 Å². The van der Waals surface area contributed by atoms with Crippen molar-refractivity contribution in [2.24, 2.45) is 0 Å². The van der Waals surface area contributed by atoms with Gasteiger partial charge in [-0.2, -0.15) is 0 Å². The fraction of sp³-hybridized carbons (Fsp3) is 0.884. The first-order chi connectivity index (χ1) is 36.6. The summed E-state index contributed by atoms with van der Waals surface area (Å²) in [5, 5.41) is 6.30. The lowest BCUT2D eigenvalue weighted by molar-refractivity contribution is 0.0937. The van der Waals surface area contributed by atoms with Gasteiger partial charge in [0.15, 0.2) is 0 Å². The second-order valence-electron chi connectivity index (χ2n) is 23.5. The Balaban J connectivity index is 2.15. The van der Waals surface area contributed by atoms with Crippen LogP contribution in [0.5, 0.6) is 5.75 Å². The third kappa shape index (κ3) is 48.3. The molecule has 0 heterocycles. The van der Waals surface area contributed by atoms with Gasteiger partial charge in [0.25, 0.3) is 11.8 Å². The summed E-state index contributed by atoms with van der Waals surface area (Å²) in [6.07, 6.45) is 75.0. The molecule has 0 saturated carbocycles. The van der Waals surface area contributed by atoms with Crippen molar-refractivity contribution in [2.75, 3.05) is 19.7 Å². The van der Waals surface area contributed by atoms with E-state index >= 15 is 0 Å². The Morgan fingerprint density at radius 2 is 0.527 bits per heavy atom. The van der Waals surface area contributed by atoms with E-state index in [-0.39, 0.29) is 11.8 Å². The number of nitrogens with one attached hydrogen (secondary N) is 2. The van der Waals surface area contributed by atoms with Crippen LogP contribution in [0.1, 0.15) is 395 Å². The molecule has 5 nitrogen and oxygen atoms in total. The molecule has 0 spiro atoms. The molecule has 2 N–H and O–H groups in total. The standard InChI is InChI=1S/C69H130N2O3/c1-4-7-10-13-16-18-20-22-24-26-28-30-32-34-36-38-40-42-44-46-48-50-53-56-61-70-68(72)65-59-60-66(67(64-65)74-63-58-55-52-15-12-9-6-3)69(73)71-62-57-54-51-49-47-45-43-41-39-37-35-33-31-29-27-25-23-21-19-17-14-11-8-5-2/h59-60,64H,4-58,61-63H2,1-3H3,(H,70,72)(H,71,73). The summed E-state index contributed by atoms with van der Waals surface area (Å²) in [5.41, 5.74) is 1.12. The number of ether oxygens (including phenoxy) is 1. The Hall–Kier alpha value is -2.04. The number of carbonyl (C=O) groups is 2. The van der Waals surface area contributed by atoms with Gasteiger partial charge in [-0.05, 0) is 37.5 Å². The van der Waals surface area contributed by atoms with Crippen LogP contribution in [0.2, 0.25) is 0 Å². The van der Waals surface area contributed by atoms with Gasteiger partial charge in [-0.3, -0.25) is 9.59 Å². The zero-order valence-electron chi connectivity index (χ0n) is 50.5. The Morgan fingerprint density at radius 3 is 0.797 bits per heavy atom. The lowest BCUT2D eigenvalue weighted by atomic mass is 10.0. The highest BCUT2D eigenvalue weighted by molar-refractivity contribution is 6.00. The number of carbonyl (C=O) groups excluding carboxylic acids is 2. The number of hydrogen-bond donors (Lipinski definition) is 2. The molecular formula is C69H130N2O3. The summed E-state index contributed by atoms with van der Waals surface area (Å²) in [5.74, 6) is 0.364. The van der Waals surface area contributed by atoms with E-state index in [9.17, 15) is 9.59 Å². The SMILES string of the molecule is CCCCCCCCCCCCCCCCCCCCCCCCCCNC(=O)c1ccc(C(=O)NCCCCCCCCCCCCCCCCCCCCCCCCCC)c(OCCCCCCCCC)c1. The predicted molar refractivity (Wildman–Crippen MR) is 328 cm³/mol. The molecule has 0 aliphatic heterocycles. The highest BCUT2D eigenvalue weighted by atomic mass is 16.5. The lowest BCUT2D eigenvalue weighted by Crippen LogP contribution is -2.26. The van der Waals surface area contributed by atoms with Crippen molar-refractivity contribution < 1.29 is 14.3 Å². The lowest BCUT2D eigenvalue weighted by Gasteiger charge is -2.14. The summed E-state index contributed by atoms with van der Waals surface area (Å²) in [6, 6.07) is 5.39. The van der Waals surface area contributed by atoms with Crippen LogP contribution in [-0.2, 0) is 0 Å².